The maximum atomic E-state index is 3.67. The van der Waals surface area contributed by atoms with Crippen LogP contribution in [0.4, 0.5) is 0 Å². The van der Waals surface area contributed by atoms with Gasteiger partial charge in [-0.15, -0.1) is 6.58 Å². The first-order chi connectivity index (χ1) is 4.74. The van der Waals surface area contributed by atoms with E-state index in [0.29, 0.717) is 0 Å². The van der Waals surface area contributed by atoms with Crippen LogP contribution in [0.3, 0.4) is 0 Å². The third kappa shape index (κ3) is 1.29. The molecule has 1 nitrogen and oxygen atoms in total. The smallest absolute Gasteiger partial charge is 0.0398 e. The zero-order chi connectivity index (χ0) is 7.56. The first-order valence-electron chi connectivity index (χ1n) is 3.48. The average molecular weight is 135 g/mol. The lowest BCUT2D eigenvalue weighted by Gasteiger charge is -1.92. The molecule has 0 fully saturated rings. The number of aryl methyl sites for hydroxylation is 2. The van der Waals surface area contributed by atoms with Crippen molar-refractivity contribution in [2.45, 2.75) is 20.4 Å². The van der Waals surface area contributed by atoms with Crippen LogP contribution in [-0.2, 0) is 6.54 Å². The highest BCUT2D eigenvalue weighted by molar-refractivity contribution is 5.20. The Hall–Kier alpha value is -0.980. The standard InChI is InChI=1S/C9H13N/c1-4-5-10-6-8(2)9(3)7-10/h4,6-7H,1,5H2,2-3H3. The van der Waals surface area contributed by atoms with Crippen LogP contribution in [0.2, 0.25) is 0 Å². The van der Waals surface area contributed by atoms with E-state index >= 15 is 0 Å². The fourth-order valence-electron chi connectivity index (χ4n) is 0.993. The molecule has 0 bridgehead atoms. The fourth-order valence-corrected chi connectivity index (χ4v) is 0.993. The summed E-state index contributed by atoms with van der Waals surface area (Å²) in [6, 6.07) is 0. The summed E-state index contributed by atoms with van der Waals surface area (Å²) in [6.45, 7) is 8.83. The van der Waals surface area contributed by atoms with E-state index in [4.69, 9.17) is 0 Å². The minimum absolute atomic E-state index is 0.911. The van der Waals surface area contributed by atoms with Gasteiger partial charge in [0.05, 0.1) is 0 Å². The summed E-state index contributed by atoms with van der Waals surface area (Å²) < 4.78 is 2.14. The van der Waals surface area contributed by atoms with Crippen LogP contribution in [0.5, 0.6) is 0 Å². The van der Waals surface area contributed by atoms with Gasteiger partial charge in [0.15, 0.2) is 0 Å². The van der Waals surface area contributed by atoms with E-state index in [1.165, 1.54) is 11.1 Å². The molecular formula is C9H13N. The third-order valence-electron chi connectivity index (χ3n) is 1.68. The molecule has 0 N–H and O–H groups in total. The van der Waals surface area contributed by atoms with Crippen molar-refractivity contribution in [1.29, 1.82) is 0 Å². The van der Waals surface area contributed by atoms with E-state index in [1.807, 2.05) is 6.08 Å². The van der Waals surface area contributed by atoms with Gasteiger partial charge >= 0.3 is 0 Å². The zero-order valence-corrected chi connectivity index (χ0v) is 6.59. The molecule has 0 spiro atoms. The van der Waals surface area contributed by atoms with Crippen molar-refractivity contribution in [3.63, 3.8) is 0 Å². The molecule has 0 aromatic carbocycles. The highest BCUT2D eigenvalue weighted by Gasteiger charge is 1.94. The molecule has 1 heterocycles. The Labute approximate surface area is 62.0 Å². The van der Waals surface area contributed by atoms with Gasteiger partial charge in [0.25, 0.3) is 0 Å². The Kier molecular flexibility index (Phi) is 1.95. The number of aromatic nitrogens is 1. The maximum absolute atomic E-state index is 3.67. The predicted molar refractivity (Wildman–Crippen MR) is 44.1 cm³/mol. The number of allylic oxidation sites excluding steroid dienone is 1. The third-order valence-corrected chi connectivity index (χ3v) is 1.68. The Balaban J connectivity index is 2.86. The Morgan fingerprint density at radius 1 is 1.40 bits per heavy atom. The molecule has 0 unspecified atom stereocenters. The number of nitrogens with zero attached hydrogens (tertiary/aromatic N) is 1. The zero-order valence-electron chi connectivity index (χ0n) is 6.59. The normalized spacial score (nSPS) is 9.80. The molecule has 1 aromatic rings. The molecule has 0 aliphatic rings. The molecule has 0 amide bonds. The Morgan fingerprint density at radius 2 is 1.90 bits per heavy atom. The van der Waals surface area contributed by atoms with Crippen molar-refractivity contribution in [3.8, 4) is 0 Å². The predicted octanol–water partition coefficient (Wildman–Crippen LogP) is 2.29. The van der Waals surface area contributed by atoms with E-state index in [9.17, 15) is 0 Å². The van der Waals surface area contributed by atoms with Crippen molar-refractivity contribution in [1.82, 2.24) is 4.57 Å². The molecule has 1 heteroatoms. The maximum Gasteiger partial charge on any atom is 0.0398 e. The molecule has 0 saturated heterocycles. The van der Waals surface area contributed by atoms with Gasteiger partial charge in [-0.3, -0.25) is 0 Å². The van der Waals surface area contributed by atoms with E-state index in [2.05, 4.69) is 37.4 Å². The lowest BCUT2D eigenvalue weighted by molar-refractivity contribution is 0.828. The highest BCUT2D eigenvalue weighted by Crippen LogP contribution is 2.06. The van der Waals surface area contributed by atoms with Gasteiger partial charge < -0.3 is 4.57 Å². The van der Waals surface area contributed by atoms with Crippen molar-refractivity contribution >= 4 is 0 Å². The number of rotatable bonds is 2. The molecule has 1 aromatic heterocycles. The Bertz CT molecular complexity index is 213. The first kappa shape index (κ1) is 7.13. The van der Waals surface area contributed by atoms with Crippen LogP contribution in [0.15, 0.2) is 25.0 Å². The van der Waals surface area contributed by atoms with E-state index < -0.39 is 0 Å². The van der Waals surface area contributed by atoms with Gasteiger partial charge in [-0.1, -0.05) is 6.08 Å². The van der Waals surface area contributed by atoms with Crippen molar-refractivity contribution in [3.05, 3.63) is 36.2 Å². The van der Waals surface area contributed by atoms with Crippen LogP contribution in [0, 0.1) is 13.8 Å². The number of hydrogen-bond donors (Lipinski definition) is 0. The second-order valence-corrected chi connectivity index (χ2v) is 2.61. The lowest BCUT2D eigenvalue weighted by Crippen LogP contribution is -1.88. The van der Waals surface area contributed by atoms with Crippen LogP contribution < -0.4 is 0 Å². The summed E-state index contributed by atoms with van der Waals surface area (Å²) in [5.41, 5.74) is 2.70. The molecule has 1 rings (SSSR count). The van der Waals surface area contributed by atoms with Gasteiger partial charge in [-0.05, 0) is 25.0 Å². The highest BCUT2D eigenvalue weighted by atomic mass is 14.9. The van der Waals surface area contributed by atoms with Crippen LogP contribution in [0.1, 0.15) is 11.1 Å². The van der Waals surface area contributed by atoms with Crippen LogP contribution >= 0.6 is 0 Å². The van der Waals surface area contributed by atoms with Gasteiger partial charge in [0.1, 0.15) is 0 Å². The summed E-state index contributed by atoms with van der Waals surface area (Å²) in [5, 5.41) is 0. The molecule has 54 valence electrons. The van der Waals surface area contributed by atoms with E-state index in [1.54, 1.807) is 0 Å². The molecule has 0 aliphatic heterocycles. The largest absolute Gasteiger partial charge is 0.350 e. The minimum Gasteiger partial charge on any atom is -0.350 e. The van der Waals surface area contributed by atoms with Gasteiger partial charge in [-0.25, -0.2) is 0 Å². The first-order valence-corrected chi connectivity index (χ1v) is 3.48. The second-order valence-electron chi connectivity index (χ2n) is 2.61. The van der Waals surface area contributed by atoms with E-state index in [-0.39, 0.29) is 0 Å². The van der Waals surface area contributed by atoms with Crippen molar-refractivity contribution in [2.24, 2.45) is 0 Å². The summed E-state index contributed by atoms with van der Waals surface area (Å²) in [5.74, 6) is 0. The molecule has 0 aliphatic carbocycles. The molecular weight excluding hydrogens is 122 g/mol. The monoisotopic (exact) mass is 135 g/mol. The van der Waals surface area contributed by atoms with Crippen LogP contribution in [-0.4, -0.2) is 4.57 Å². The van der Waals surface area contributed by atoms with Gasteiger partial charge in [0, 0.05) is 18.9 Å². The molecule has 0 radical (unpaired) electrons. The summed E-state index contributed by atoms with van der Waals surface area (Å²) in [4.78, 5) is 0. The second kappa shape index (κ2) is 2.74. The average Bonchev–Trinajstić information content (AvgIpc) is 2.14. The quantitative estimate of drug-likeness (QED) is 0.548. The molecule has 0 saturated carbocycles. The van der Waals surface area contributed by atoms with Gasteiger partial charge in [-0.2, -0.15) is 0 Å². The minimum atomic E-state index is 0.911. The number of hydrogen-bond acceptors (Lipinski definition) is 0. The van der Waals surface area contributed by atoms with E-state index in [0.717, 1.165) is 6.54 Å². The lowest BCUT2D eigenvalue weighted by atomic mass is 10.2. The van der Waals surface area contributed by atoms with Crippen molar-refractivity contribution < 1.29 is 0 Å². The SMILES string of the molecule is C=CCn1cc(C)c(C)c1. The molecule has 0 atom stereocenters. The summed E-state index contributed by atoms with van der Waals surface area (Å²) in [6.07, 6.45) is 6.17. The van der Waals surface area contributed by atoms with Crippen LogP contribution in [0.25, 0.3) is 0 Å². The molecule has 10 heavy (non-hydrogen) atoms. The summed E-state index contributed by atoms with van der Waals surface area (Å²) in [7, 11) is 0. The topological polar surface area (TPSA) is 4.93 Å². The fraction of sp³-hybridized carbons (Fsp3) is 0.333. The van der Waals surface area contributed by atoms with Gasteiger partial charge in [0.2, 0.25) is 0 Å². The Morgan fingerprint density at radius 3 is 2.30 bits per heavy atom. The van der Waals surface area contributed by atoms with Crippen molar-refractivity contribution in [2.75, 3.05) is 0 Å². The summed E-state index contributed by atoms with van der Waals surface area (Å²) >= 11 is 0.